The Labute approximate surface area is 175 Å². The molecule has 1 N–H and O–H groups in total. The van der Waals surface area contributed by atoms with E-state index in [0.29, 0.717) is 33.2 Å². The van der Waals surface area contributed by atoms with Gasteiger partial charge in [0.1, 0.15) is 22.9 Å². The summed E-state index contributed by atoms with van der Waals surface area (Å²) in [4.78, 5) is 20.8. The Morgan fingerprint density at radius 1 is 1.17 bits per heavy atom. The lowest BCUT2D eigenvalue weighted by atomic mass is 10.2. The van der Waals surface area contributed by atoms with Gasteiger partial charge in [0.25, 0.3) is 0 Å². The number of anilines is 1. The Bertz CT molecular complexity index is 1200. The van der Waals surface area contributed by atoms with Crippen LogP contribution < -0.4 is 10.1 Å². The van der Waals surface area contributed by atoms with Crippen LogP contribution in [0.4, 0.5) is 10.1 Å². The Morgan fingerprint density at radius 2 is 1.97 bits per heavy atom. The van der Waals surface area contributed by atoms with Crippen LogP contribution >= 0.6 is 11.8 Å². The Balaban J connectivity index is 1.48. The number of hydrogen-bond donors (Lipinski definition) is 1. The first kappa shape index (κ1) is 19.8. The maximum Gasteiger partial charge on any atom is 0.234 e. The number of benzene rings is 2. The van der Waals surface area contributed by atoms with Crippen LogP contribution in [0.15, 0.2) is 59.9 Å². The van der Waals surface area contributed by atoms with Gasteiger partial charge in [-0.3, -0.25) is 4.79 Å². The molecule has 10 heteroatoms. The van der Waals surface area contributed by atoms with Gasteiger partial charge in [0.2, 0.25) is 5.91 Å². The molecule has 0 saturated carbocycles. The highest BCUT2D eigenvalue weighted by molar-refractivity contribution is 8.00. The molecule has 2 heterocycles. The molecular formula is C20H17FN6O2S. The molecule has 0 bridgehead atoms. The van der Waals surface area contributed by atoms with Gasteiger partial charge in [-0.05, 0) is 18.2 Å². The van der Waals surface area contributed by atoms with E-state index in [4.69, 9.17) is 4.74 Å². The van der Waals surface area contributed by atoms with Crippen LogP contribution in [0.3, 0.4) is 0 Å². The summed E-state index contributed by atoms with van der Waals surface area (Å²) in [5, 5.41) is 11.5. The van der Waals surface area contributed by atoms with E-state index in [1.807, 2.05) is 12.1 Å². The van der Waals surface area contributed by atoms with Crippen LogP contribution in [-0.4, -0.2) is 43.7 Å². The van der Waals surface area contributed by atoms with Gasteiger partial charge >= 0.3 is 0 Å². The molecular weight excluding hydrogens is 407 g/mol. The van der Waals surface area contributed by atoms with E-state index in [1.54, 1.807) is 37.4 Å². The SMILES string of the molecule is COc1ccccc1NC(=O)CSc1ncnc2c1nnn2Cc1ccccc1F. The number of halogens is 1. The van der Waals surface area contributed by atoms with E-state index in [2.05, 4.69) is 25.6 Å². The van der Waals surface area contributed by atoms with Crippen molar-refractivity contribution in [3.8, 4) is 5.75 Å². The molecule has 0 aliphatic carbocycles. The van der Waals surface area contributed by atoms with E-state index in [-0.39, 0.29) is 24.0 Å². The zero-order chi connectivity index (χ0) is 20.9. The molecule has 0 fully saturated rings. The Hall–Kier alpha value is -3.53. The van der Waals surface area contributed by atoms with E-state index in [0.717, 1.165) is 0 Å². The van der Waals surface area contributed by atoms with E-state index in [9.17, 15) is 9.18 Å². The highest BCUT2D eigenvalue weighted by atomic mass is 32.2. The molecule has 0 spiro atoms. The van der Waals surface area contributed by atoms with E-state index >= 15 is 0 Å². The minimum Gasteiger partial charge on any atom is -0.495 e. The number of amides is 1. The first-order chi connectivity index (χ1) is 14.7. The van der Waals surface area contributed by atoms with Gasteiger partial charge in [-0.2, -0.15) is 0 Å². The van der Waals surface area contributed by atoms with Gasteiger partial charge in [0.15, 0.2) is 11.2 Å². The third kappa shape index (κ3) is 4.23. The second kappa shape index (κ2) is 8.87. The van der Waals surface area contributed by atoms with Crippen molar-refractivity contribution in [3.05, 3.63) is 66.2 Å². The lowest BCUT2D eigenvalue weighted by Gasteiger charge is -2.09. The summed E-state index contributed by atoms with van der Waals surface area (Å²) in [7, 11) is 1.54. The van der Waals surface area contributed by atoms with Crippen molar-refractivity contribution in [1.29, 1.82) is 0 Å². The molecule has 152 valence electrons. The van der Waals surface area contributed by atoms with Crippen LogP contribution in [-0.2, 0) is 11.3 Å². The van der Waals surface area contributed by atoms with Gasteiger partial charge in [0.05, 0.1) is 25.1 Å². The topological polar surface area (TPSA) is 94.8 Å². The first-order valence-electron chi connectivity index (χ1n) is 8.99. The average Bonchev–Trinajstić information content (AvgIpc) is 3.18. The monoisotopic (exact) mass is 424 g/mol. The zero-order valence-corrected chi connectivity index (χ0v) is 16.8. The average molecular weight is 424 g/mol. The molecule has 2 aromatic heterocycles. The molecule has 8 nitrogen and oxygen atoms in total. The number of aromatic nitrogens is 5. The lowest BCUT2D eigenvalue weighted by molar-refractivity contribution is -0.113. The smallest absolute Gasteiger partial charge is 0.234 e. The number of carbonyl (C=O) groups is 1. The number of hydrogen-bond acceptors (Lipinski definition) is 7. The first-order valence-corrected chi connectivity index (χ1v) is 9.97. The number of carbonyl (C=O) groups excluding carboxylic acids is 1. The number of thioether (sulfide) groups is 1. The number of ether oxygens (including phenoxy) is 1. The van der Waals surface area contributed by atoms with Crippen molar-refractivity contribution in [1.82, 2.24) is 25.0 Å². The van der Waals surface area contributed by atoms with Gasteiger partial charge < -0.3 is 10.1 Å². The maximum absolute atomic E-state index is 14.0. The summed E-state index contributed by atoms with van der Waals surface area (Å²) in [5.74, 6) is 0.161. The van der Waals surface area contributed by atoms with Crippen LogP contribution in [0.1, 0.15) is 5.56 Å². The molecule has 2 aromatic carbocycles. The van der Waals surface area contributed by atoms with Gasteiger partial charge in [-0.25, -0.2) is 19.0 Å². The molecule has 0 aliphatic heterocycles. The number of rotatable bonds is 7. The highest BCUT2D eigenvalue weighted by Crippen LogP contribution is 2.25. The zero-order valence-electron chi connectivity index (χ0n) is 15.9. The summed E-state index contributed by atoms with van der Waals surface area (Å²) in [6.45, 7) is 0.193. The van der Waals surface area contributed by atoms with Crippen LogP contribution in [0, 0.1) is 5.82 Å². The van der Waals surface area contributed by atoms with Crippen LogP contribution in [0.5, 0.6) is 5.75 Å². The van der Waals surface area contributed by atoms with Crippen LogP contribution in [0.25, 0.3) is 11.2 Å². The minimum absolute atomic E-state index is 0.115. The Morgan fingerprint density at radius 3 is 2.80 bits per heavy atom. The number of methoxy groups -OCH3 is 1. The van der Waals surface area contributed by atoms with Gasteiger partial charge in [-0.15, -0.1) is 5.10 Å². The van der Waals surface area contributed by atoms with Crippen LogP contribution in [0.2, 0.25) is 0 Å². The van der Waals surface area contributed by atoms with Crippen molar-refractivity contribution in [2.75, 3.05) is 18.2 Å². The number of nitrogens with zero attached hydrogens (tertiary/aromatic N) is 5. The molecule has 4 rings (SSSR count). The summed E-state index contributed by atoms with van der Waals surface area (Å²) in [6.07, 6.45) is 1.38. The van der Waals surface area contributed by atoms with Crippen molar-refractivity contribution >= 4 is 34.5 Å². The minimum atomic E-state index is -0.321. The van der Waals surface area contributed by atoms with Crippen molar-refractivity contribution < 1.29 is 13.9 Å². The van der Waals surface area contributed by atoms with E-state index in [1.165, 1.54) is 28.8 Å². The third-order valence-corrected chi connectivity index (χ3v) is 5.24. The fourth-order valence-corrected chi connectivity index (χ4v) is 3.57. The molecule has 0 unspecified atom stereocenters. The normalized spacial score (nSPS) is 10.9. The quantitative estimate of drug-likeness (QED) is 0.360. The predicted octanol–water partition coefficient (Wildman–Crippen LogP) is 3.15. The molecule has 0 radical (unpaired) electrons. The molecule has 1 amide bonds. The third-order valence-electron chi connectivity index (χ3n) is 4.27. The van der Waals surface area contributed by atoms with Crippen molar-refractivity contribution in [2.24, 2.45) is 0 Å². The Kier molecular flexibility index (Phi) is 5.84. The molecule has 0 saturated heterocycles. The standard InChI is InChI=1S/C20H17FN6O2S/c1-29-16-9-5-4-8-15(16)24-17(28)11-30-20-18-19(22-12-23-20)27(26-25-18)10-13-6-2-3-7-14(13)21/h2-9,12H,10-11H2,1H3,(H,24,28). The molecule has 0 atom stereocenters. The fraction of sp³-hybridized carbons (Fsp3) is 0.150. The summed E-state index contributed by atoms with van der Waals surface area (Å²) in [6, 6.07) is 13.6. The lowest BCUT2D eigenvalue weighted by Crippen LogP contribution is -2.14. The maximum atomic E-state index is 14.0. The van der Waals surface area contributed by atoms with E-state index < -0.39 is 0 Å². The fourth-order valence-electron chi connectivity index (χ4n) is 2.84. The molecule has 0 aliphatic rings. The molecule has 4 aromatic rings. The number of nitrogens with one attached hydrogen (secondary N) is 1. The van der Waals surface area contributed by atoms with Crippen molar-refractivity contribution in [3.63, 3.8) is 0 Å². The van der Waals surface area contributed by atoms with Gasteiger partial charge in [0, 0.05) is 5.56 Å². The second-order valence-corrected chi connectivity index (χ2v) is 7.19. The second-order valence-electron chi connectivity index (χ2n) is 6.23. The number of fused-ring (bicyclic) bond motifs is 1. The highest BCUT2D eigenvalue weighted by Gasteiger charge is 2.15. The number of para-hydroxylation sites is 2. The molecule has 30 heavy (non-hydrogen) atoms. The van der Waals surface area contributed by atoms with Crippen molar-refractivity contribution in [2.45, 2.75) is 11.6 Å². The summed E-state index contributed by atoms with van der Waals surface area (Å²) >= 11 is 1.22. The predicted molar refractivity (Wildman–Crippen MR) is 111 cm³/mol. The summed E-state index contributed by atoms with van der Waals surface area (Å²) < 4.78 is 20.7. The summed E-state index contributed by atoms with van der Waals surface area (Å²) in [5.41, 5.74) is 2.01. The largest absolute Gasteiger partial charge is 0.495 e. The van der Waals surface area contributed by atoms with Gasteiger partial charge in [-0.1, -0.05) is 47.3 Å².